The summed E-state index contributed by atoms with van der Waals surface area (Å²) in [6.07, 6.45) is 2.73. The lowest BCUT2D eigenvalue weighted by atomic mass is 9.92. The Labute approximate surface area is 284 Å². The van der Waals surface area contributed by atoms with E-state index >= 15 is 0 Å². The molecule has 0 saturated carbocycles. The first-order valence-corrected chi connectivity index (χ1v) is 16.3. The first-order valence-electron chi connectivity index (χ1n) is 16.3. The minimum absolute atomic E-state index is 0.0385. The average molecular weight is 638 g/mol. The number of fused-ring (bicyclic) bond motifs is 1. The van der Waals surface area contributed by atoms with Crippen molar-refractivity contribution in [2.75, 3.05) is 0 Å². The highest BCUT2D eigenvalue weighted by molar-refractivity contribution is 5.96. The largest absolute Gasteiger partial charge is 0.507 e. The summed E-state index contributed by atoms with van der Waals surface area (Å²) in [4.78, 5) is 10.1. The number of pyridine rings is 1. The zero-order chi connectivity index (χ0) is 33.3. The van der Waals surface area contributed by atoms with E-state index in [0.29, 0.717) is 11.4 Å². The number of phenolic OH excluding ortho intramolecular Hbond substituents is 1. The molecule has 236 valence electrons. The molecule has 0 atom stereocenters. The number of imidazole rings is 1. The molecule has 1 N–H and O–H groups in total. The van der Waals surface area contributed by atoms with Gasteiger partial charge in [-0.25, -0.2) is 9.37 Å². The van der Waals surface area contributed by atoms with Crippen LogP contribution in [0, 0.1) is 12.7 Å². The summed E-state index contributed by atoms with van der Waals surface area (Å²) in [5, 5.41) is 10.9. The number of rotatable bonds is 7. The fraction of sp³-hybridized carbons (Fsp3) is 0.0455. The topological polar surface area (TPSA) is 50.9 Å². The fourth-order valence-corrected chi connectivity index (χ4v) is 6.61. The molecule has 0 bridgehead atoms. The molecule has 8 rings (SSSR count). The third kappa shape index (κ3) is 5.76. The van der Waals surface area contributed by atoms with Gasteiger partial charge in [0.1, 0.15) is 17.4 Å². The van der Waals surface area contributed by atoms with Crippen LogP contribution in [-0.4, -0.2) is 19.6 Å². The van der Waals surface area contributed by atoms with Crippen molar-refractivity contribution in [3.8, 4) is 56.3 Å². The summed E-state index contributed by atoms with van der Waals surface area (Å²) in [5.74, 6) is -0.0249. The van der Waals surface area contributed by atoms with Crippen LogP contribution < -0.4 is 0 Å². The molecular formula is C44H32FN3O. The smallest absolute Gasteiger partial charge is 0.149 e. The van der Waals surface area contributed by atoms with Gasteiger partial charge in [0.05, 0.1) is 22.3 Å². The molecule has 0 aliphatic heterocycles. The molecule has 49 heavy (non-hydrogen) atoms. The molecule has 2 heterocycles. The van der Waals surface area contributed by atoms with E-state index in [9.17, 15) is 9.50 Å². The Kier molecular flexibility index (Phi) is 7.78. The van der Waals surface area contributed by atoms with Gasteiger partial charge in [-0.1, -0.05) is 103 Å². The van der Waals surface area contributed by atoms with Crippen molar-refractivity contribution in [3.63, 3.8) is 0 Å². The third-order valence-corrected chi connectivity index (χ3v) is 9.03. The third-order valence-electron chi connectivity index (χ3n) is 9.03. The van der Waals surface area contributed by atoms with Crippen molar-refractivity contribution >= 4 is 11.0 Å². The summed E-state index contributed by atoms with van der Waals surface area (Å²) in [6, 6.07) is 49.4. The van der Waals surface area contributed by atoms with E-state index in [-0.39, 0.29) is 5.75 Å². The highest BCUT2D eigenvalue weighted by Gasteiger charge is 2.21. The lowest BCUT2D eigenvalue weighted by molar-refractivity contribution is 0.474. The Bertz CT molecular complexity index is 2440. The molecule has 5 heteroatoms. The van der Waals surface area contributed by atoms with Gasteiger partial charge in [-0.05, 0) is 89.7 Å². The SMILES string of the molecule is Cc1cc(-c2cc(-c3cccc4c3nc(-c3cc(F)ccc3O)n4-c3ccccc3)ccc2Cc2ccccc2)ncc1-c1ccccc1. The molecule has 0 spiro atoms. The van der Waals surface area contributed by atoms with Gasteiger partial charge in [0, 0.05) is 28.6 Å². The maximum atomic E-state index is 14.6. The van der Waals surface area contributed by atoms with E-state index < -0.39 is 5.82 Å². The molecule has 0 radical (unpaired) electrons. The van der Waals surface area contributed by atoms with E-state index in [1.54, 1.807) is 0 Å². The van der Waals surface area contributed by atoms with Gasteiger partial charge in [0.2, 0.25) is 0 Å². The Morgan fingerprint density at radius 2 is 1.37 bits per heavy atom. The van der Waals surface area contributed by atoms with Crippen molar-refractivity contribution in [3.05, 3.63) is 180 Å². The van der Waals surface area contributed by atoms with Gasteiger partial charge in [-0.15, -0.1) is 0 Å². The molecule has 0 unspecified atom stereocenters. The first-order chi connectivity index (χ1) is 24.0. The first kappa shape index (κ1) is 30.0. The van der Waals surface area contributed by atoms with Gasteiger partial charge in [0.15, 0.2) is 0 Å². The van der Waals surface area contributed by atoms with Crippen molar-refractivity contribution in [1.29, 1.82) is 0 Å². The number of aromatic nitrogens is 3. The Morgan fingerprint density at radius 1 is 0.633 bits per heavy atom. The number of aryl methyl sites for hydroxylation is 1. The normalized spacial score (nSPS) is 11.2. The molecule has 0 saturated heterocycles. The quantitative estimate of drug-likeness (QED) is 0.189. The van der Waals surface area contributed by atoms with Crippen molar-refractivity contribution in [1.82, 2.24) is 14.5 Å². The molecule has 0 aliphatic rings. The fourth-order valence-electron chi connectivity index (χ4n) is 6.61. The summed E-state index contributed by atoms with van der Waals surface area (Å²) in [6.45, 7) is 2.13. The van der Waals surface area contributed by atoms with E-state index in [0.717, 1.165) is 62.2 Å². The van der Waals surface area contributed by atoms with Gasteiger partial charge in [-0.3, -0.25) is 9.55 Å². The number of hydrogen-bond donors (Lipinski definition) is 1. The number of aromatic hydroxyl groups is 1. The Balaban J connectivity index is 1.32. The predicted molar refractivity (Wildman–Crippen MR) is 196 cm³/mol. The summed E-state index contributed by atoms with van der Waals surface area (Å²) < 4.78 is 16.5. The van der Waals surface area contributed by atoms with E-state index in [1.807, 2.05) is 77.5 Å². The van der Waals surface area contributed by atoms with Crippen LogP contribution in [0.15, 0.2) is 158 Å². The molecule has 2 aromatic heterocycles. The standard InChI is InChI=1S/C44H32FN3O/c1-29-24-40(46-28-39(29)31-14-7-3-8-15-31)37-26-33(21-20-32(37)25-30-12-5-2-6-13-30)36-18-11-19-41-43(36)47-44(38-27-34(45)22-23-42(38)49)48(41)35-16-9-4-10-17-35/h2-24,26-28,49H,25H2,1H3. The van der Waals surface area contributed by atoms with E-state index in [2.05, 4.69) is 73.7 Å². The summed E-state index contributed by atoms with van der Waals surface area (Å²) in [5.41, 5.74) is 12.4. The molecule has 0 aliphatic carbocycles. The monoisotopic (exact) mass is 637 g/mol. The van der Waals surface area contributed by atoms with E-state index in [4.69, 9.17) is 9.97 Å². The van der Waals surface area contributed by atoms with Crippen LogP contribution in [0.2, 0.25) is 0 Å². The van der Waals surface area contributed by atoms with Gasteiger partial charge < -0.3 is 5.11 Å². The predicted octanol–water partition coefficient (Wildman–Crippen LogP) is 10.8. The molecule has 6 aromatic carbocycles. The average Bonchev–Trinajstić information content (AvgIpc) is 3.54. The number of para-hydroxylation sites is 2. The van der Waals surface area contributed by atoms with Crippen LogP contribution in [-0.2, 0) is 6.42 Å². The van der Waals surface area contributed by atoms with Crippen LogP contribution in [0.3, 0.4) is 0 Å². The number of benzene rings is 6. The Hall–Kier alpha value is -6.33. The van der Waals surface area contributed by atoms with Crippen molar-refractivity contribution < 1.29 is 9.50 Å². The lowest BCUT2D eigenvalue weighted by Gasteiger charge is -2.15. The van der Waals surface area contributed by atoms with Crippen LogP contribution in [0.25, 0.3) is 61.6 Å². The maximum absolute atomic E-state index is 14.6. The summed E-state index contributed by atoms with van der Waals surface area (Å²) in [7, 11) is 0. The van der Waals surface area contributed by atoms with Crippen molar-refractivity contribution in [2.45, 2.75) is 13.3 Å². The van der Waals surface area contributed by atoms with Crippen LogP contribution in [0.4, 0.5) is 4.39 Å². The van der Waals surface area contributed by atoms with Crippen LogP contribution >= 0.6 is 0 Å². The zero-order valence-corrected chi connectivity index (χ0v) is 26.9. The van der Waals surface area contributed by atoms with Crippen molar-refractivity contribution in [2.24, 2.45) is 0 Å². The minimum atomic E-state index is -0.445. The lowest BCUT2D eigenvalue weighted by Crippen LogP contribution is -1.98. The van der Waals surface area contributed by atoms with Crippen LogP contribution in [0.5, 0.6) is 5.75 Å². The number of nitrogens with zero attached hydrogens (tertiary/aromatic N) is 3. The molecular weight excluding hydrogens is 606 g/mol. The zero-order valence-electron chi connectivity index (χ0n) is 26.9. The molecule has 0 amide bonds. The molecule has 8 aromatic rings. The van der Waals surface area contributed by atoms with Gasteiger partial charge in [0.25, 0.3) is 0 Å². The Morgan fingerprint density at radius 3 is 2.12 bits per heavy atom. The molecule has 4 nitrogen and oxygen atoms in total. The number of phenols is 1. The van der Waals surface area contributed by atoms with E-state index in [1.165, 1.54) is 29.3 Å². The summed E-state index contributed by atoms with van der Waals surface area (Å²) >= 11 is 0. The highest BCUT2D eigenvalue weighted by Crippen LogP contribution is 2.39. The maximum Gasteiger partial charge on any atom is 0.149 e. The number of halogens is 1. The number of hydrogen-bond acceptors (Lipinski definition) is 3. The molecule has 0 fully saturated rings. The van der Waals surface area contributed by atoms with Crippen LogP contribution in [0.1, 0.15) is 16.7 Å². The van der Waals surface area contributed by atoms with Gasteiger partial charge in [-0.2, -0.15) is 0 Å². The second-order valence-corrected chi connectivity index (χ2v) is 12.2. The van der Waals surface area contributed by atoms with Gasteiger partial charge >= 0.3 is 0 Å². The second-order valence-electron chi connectivity index (χ2n) is 12.2. The highest BCUT2D eigenvalue weighted by atomic mass is 19.1. The second kappa shape index (κ2) is 12.7. The minimum Gasteiger partial charge on any atom is -0.507 e.